The Balaban J connectivity index is 2.15. The van der Waals surface area contributed by atoms with Crippen LogP contribution >= 0.6 is 0 Å². The maximum atomic E-state index is 13.1. The summed E-state index contributed by atoms with van der Waals surface area (Å²) in [5.74, 6) is -0.152. The molecule has 0 amide bonds. The normalized spacial score (nSPS) is 11.4. The molecule has 8 heteroatoms. The molecular formula is C13H14FN3O4. The summed E-state index contributed by atoms with van der Waals surface area (Å²) < 4.78 is 23.3. The van der Waals surface area contributed by atoms with Gasteiger partial charge in [-0.2, -0.15) is 4.98 Å². The van der Waals surface area contributed by atoms with Gasteiger partial charge in [0.1, 0.15) is 5.82 Å². The molecule has 0 radical (unpaired) electrons. The summed E-state index contributed by atoms with van der Waals surface area (Å²) in [7, 11) is 0. The van der Waals surface area contributed by atoms with Crippen LogP contribution in [0.3, 0.4) is 0 Å². The fraction of sp³-hybridized carbons (Fsp3) is 0.385. The second-order valence-corrected chi connectivity index (χ2v) is 5.42. The number of nitro groups is 1. The number of rotatable bonds is 4. The summed E-state index contributed by atoms with van der Waals surface area (Å²) >= 11 is 0. The molecule has 0 atom stereocenters. The lowest BCUT2D eigenvalue weighted by molar-refractivity contribution is -0.386. The van der Waals surface area contributed by atoms with E-state index in [0.717, 1.165) is 18.2 Å². The second kappa shape index (κ2) is 5.47. The van der Waals surface area contributed by atoms with E-state index in [4.69, 9.17) is 9.26 Å². The average molecular weight is 295 g/mol. The fourth-order valence-corrected chi connectivity index (χ4v) is 1.51. The summed E-state index contributed by atoms with van der Waals surface area (Å²) in [6.45, 7) is 5.58. The van der Waals surface area contributed by atoms with Crippen LogP contribution in [0.5, 0.6) is 5.75 Å². The first-order valence-corrected chi connectivity index (χ1v) is 6.17. The van der Waals surface area contributed by atoms with Gasteiger partial charge >= 0.3 is 5.69 Å². The largest absolute Gasteiger partial charge is 0.477 e. The number of hydrogen-bond donors (Lipinski definition) is 0. The molecule has 0 bridgehead atoms. The molecule has 0 aliphatic carbocycles. The lowest BCUT2D eigenvalue weighted by Gasteiger charge is -2.10. The Labute approximate surface area is 119 Å². The first-order valence-electron chi connectivity index (χ1n) is 6.17. The van der Waals surface area contributed by atoms with Gasteiger partial charge in [0.2, 0.25) is 5.75 Å². The molecule has 0 saturated carbocycles. The number of nitrogens with zero attached hydrogens (tertiary/aromatic N) is 3. The number of ether oxygens (including phenoxy) is 1. The molecule has 0 N–H and O–H groups in total. The van der Waals surface area contributed by atoms with Crippen molar-refractivity contribution in [1.29, 1.82) is 0 Å². The molecule has 0 unspecified atom stereocenters. The molecule has 7 nitrogen and oxygen atoms in total. The highest BCUT2D eigenvalue weighted by molar-refractivity contribution is 5.46. The Morgan fingerprint density at radius 3 is 2.71 bits per heavy atom. The van der Waals surface area contributed by atoms with E-state index >= 15 is 0 Å². The van der Waals surface area contributed by atoms with Gasteiger partial charge in [-0.25, -0.2) is 4.39 Å². The second-order valence-electron chi connectivity index (χ2n) is 5.42. The highest BCUT2D eigenvalue weighted by Crippen LogP contribution is 2.28. The van der Waals surface area contributed by atoms with Crippen LogP contribution in [-0.2, 0) is 12.0 Å². The van der Waals surface area contributed by atoms with Gasteiger partial charge in [-0.15, -0.1) is 0 Å². The first kappa shape index (κ1) is 14.9. The zero-order valence-electron chi connectivity index (χ0n) is 11.8. The third-order valence-corrected chi connectivity index (χ3v) is 2.61. The van der Waals surface area contributed by atoms with Gasteiger partial charge in [0.05, 0.1) is 4.92 Å². The molecular weight excluding hydrogens is 281 g/mol. The Morgan fingerprint density at radius 1 is 1.43 bits per heavy atom. The van der Waals surface area contributed by atoms with E-state index in [2.05, 4.69) is 10.1 Å². The average Bonchev–Trinajstić information content (AvgIpc) is 2.84. The first-order chi connectivity index (χ1) is 9.77. The maximum Gasteiger partial charge on any atom is 0.311 e. The molecule has 1 aromatic heterocycles. The highest BCUT2D eigenvalue weighted by Gasteiger charge is 2.22. The molecule has 2 aromatic rings. The quantitative estimate of drug-likeness (QED) is 0.636. The Kier molecular flexibility index (Phi) is 3.88. The fourth-order valence-electron chi connectivity index (χ4n) is 1.51. The van der Waals surface area contributed by atoms with Crippen molar-refractivity contribution >= 4 is 5.69 Å². The van der Waals surface area contributed by atoms with Crippen molar-refractivity contribution in [3.63, 3.8) is 0 Å². The summed E-state index contributed by atoms with van der Waals surface area (Å²) in [5.41, 5.74) is -0.612. The molecule has 1 heterocycles. The summed E-state index contributed by atoms with van der Waals surface area (Å²) in [5, 5.41) is 14.6. The lowest BCUT2D eigenvalue weighted by Crippen LogP contribution is -2.13. The van der Waals surface area contributed by atoms with Crippen molar-refractivity contribution in [2.75, 3.05) is 0 Å². The number of benzene rings is 1. The van der Waals surface area contributed by atoms with Gasteiger partial charge < -0.3 is 9.26 Å². The van der Waals surface area contributed by atoms with E-state index in [9.17, 15) is 14.5 Å². The zero-order valence-corrected chi connectivity index (χ0v) is 11.8. The molecule has 21 heavy (non-hydrogen) atoms. The minimum absolute atomic E-state index is 0.165. The molecule has 0 saturated heterocycles. The Hall–Kier alpha value is -2.51. The van der Waals surface area contributed by atoms with Crippen LogP contribution in [-0.4, -0.2) is 15.1 Å². The maximum absolute atomic E-state index is 13.1. The predicted molar refractivity (Wildman–Crippen MR) is 70.4 cm³/mol. The molecule has 1 aromatic carbocycles. The van der Waals surface area contributed by atoms with Crippen LogP contribution in [0.1, 0.15) is 32.5 Å². The monoisotopic (exact) mass is 295 g/mol. The summed E-state index contributed by atoms with van der Waals surface area (Å²) in [6, 6.07) is 2.98. The predicted octanol–water partition coefficient (Wildman–Crippen LogP) is 2.99. The van der Waals surface area contributed by atoms with Crippen molar-refractivity contribution in [2.45, 2.75) is 32.8 Å². The standard InChI is InChI=1S/C13H14FN3O4/c1-13(2,3)12-15-11(21-16-12)7-20-10-6-8(14)4-5-9(10)17(18)19/h4-6H,7H2,1-3H3. The van der Waals surface area contributed by atoms with Gasteiger partial charge in [-0.1, -0.05) is 25.9 Å². The van der Waals surface area contributed by atoms with Crippen LogP contribution < -0.4 is 4.74 Å². The SMILES string of the molecule is CC(C)(C)c1noc(COc2cc(F)ccc2[N+](=O)[O-])n1. The molecule has 0 aliphatic heterocycles. The Bertz CT molecular complexity index is 664. The molecule has 0 spiro atoms. The number of nitro benzene ring substituents is 1. The van der Waals surface area contributed by atoms with Gasteiger partial charge in [0, 0.05) is 17.5 Å². The highest BCUT2D eigenvalue weighted by atomic mass is 19.1. The third kappa shape index (κ3) is 3.53. The van der Waals surface area contributed by atoms with E-state index in [1.165, 1.54) is 0 Å². The van der Waals surface area contributed by atoms with E-state index in [1.807, 2.05) is 20.8 Å². The van der Waals surface area contributed by atoms with Crippen LogP contribution in [0.15, 0.2) is 22.7 Å². The zero-order chi connectivity index (χ0) is 15.6. The van der Waals surface area contributed by atoms with Crippen LogP contribution in [0.25, 0.3) is 0 Å². The number of aromatic nitrogens is 2. The van der Waals surface area contributed by atoms with Crippen molar-refractivity contribution in [1.82, 2.24) is 10.1 Å². The van der Waals surface area contributed by atoms with Crippen LogP contribution in [0.2, 0.25) is 0 Å². The van der Waals surface area contributed by atoms with E-state index in [-0.39, 0.29) is 29.3 Å². The van der Waals surface area contributed by atoms with Crippen molar-refractivity contribution in [3.8, 4) is 5.75 Å². The van der Waals surface area contributed by atoms with E-state index < -0.39 is 10.7 Å². The van der Waals surface area contributed by atoms with Crippen LogP contribution in [0, 0.1) is 15.9 Å². The minimum Gasteiger partial charge on any atom is -0.477 e. The van der Waals surface area contributed by atoms with Gasteiger partial charge in [-0.05, 0) is 6.07 Å². The third-order valence-electron chi connectivity index (χ3n) is 2.61. The van der Waals surface area contributed by atoms with Crippen molar-refractivity contribution < 1.29 is 18.6 Å². The summed E-state index contributed by atoms with van der Waals surface area (Å²) in [4.78, 5) is 14.3. The smallest absolute Gasteiger partial charge is 0.311 e. The minimum atomic E-state index is -0.650. The van der Waals surface area contributed by atoms with Crippen molar-refractivity contribution in [2.24, 2.45) is 0 Å². The van der Waals surface area contributed by atoms with Gasteiger partial charge in [-0.3, -0.25) is 10.1 Å². The molecule has 0 aliphatic rings. The Morgan fingerprint density at radius 2 is 2.14 bits per heavy atom. The van der Waals surface area contributed by atoms with Gasteiger partial charge in [0.25, 0.3) is 5.89 Å². The molecule has 0 fully saturated rings. The number of hydrogen-bond acceptors (Lipinski definition) is 6. The van der Waals surface area contributed by atoms with E-state index in [0.29, 0.717) is 5.82 Å². The molecule has 112 valence electrons. The topological polar surface area (TPSA) is 91.3 Å². The van der Waals surface area contributed by atoms with E-state index in [1.54, 1.807) is 0 Å². The summed E-state index contributed by atoms with van der Waals surface area (Å²) in [6.07, 6.45) is 0. The van der Waals surface area contributed by atoms with Gasteiger partial charge in [0.15, 0.2) is 12.4 Å². The number of halogens is 1. The van der Waals surface area contributed by atoms with Crippen molar-refractivity contribution in [3.05, 3.63) is 45.8 Å². The lowest BCUT2D eigenvalue weighted by atomic mass is 9.96. The molecule has 2 rings (SSSR count). The van der Waals surface area contributed by atoms with Crippen LogP contribution in [0.4, 0.5) is 10.1 Å².